The third-order valence-corrected chi connectivity index (χ3v) is 10.9. The molecular formula is C47H32. The summed E-state index contributed by atoms with van der Waals surface area (Å²) >= 11 is 0. The van der Waals surface area contributed by atoms with Crippen molar-refractivity contribution in [3.8, 4) is 33.4 Å². The van der Waals surface area contributed by atoms with Gasteiger partial charge in [-0.25, -0.2) is 0 Å². The molecule has 0 amide bonds. The van der Waals surface area contributed by atoms with Crippen molar-refractivity contribution in [3.05, 3.63) is 169 Å². The molecule has 9 aromatic carbocycles. The maximum absolute atomic E-state index is 2.46. The van der Waals surface area contributed by atoms with Crippen LogP contribution in [0.4, 0.5) is 0 Å². The molecule has 0 unspecified atom stereocenters. The van der Waals surface area contributed by atoms with E-state index < -0.39 is 0 Å². The third-order valence-electron chi connectivity index (χ3n) is 10.9. The smallest absolute Gasteiger partial charge is 0.0159 e. The van der Waals surface area contributed by atoms with Crippen molar-refractivity contribution in [3.63, 3.8) is 0 Å². The topological polar surface area (TPSA) is 0 Å². The maximum atomic E-state index is 2.46. The summed E-state index contributed by atoms with van der Waals surface area (Å²) in [5, 5.41) is 13.0. The molecule has 1 aliphatic rings. The Morgan fingerprint density at radius 3 is 1.77 bits per heavy atom. The van der Waals surface area contributed by atoms with E-state index in [1.165, 1.54) is 98.4 Å². The lowest BCUT2D eigenvalue weighted by atomic mass is 9.68. The fourth-order valence-corrected chi connectivity index (χ4v) is 8.66. The zero-order valence-electron chi connectivity index (χ0n) is 26.5. The van der Waals surface area contributed by atoms with Crippen molar-refractivity contribution in [1.82, 2.24) is 0 Å². The first kappa shape index (κ1) is 26.5. The van der Waals surface area contributed by atoms with Crippen LogP contribution in [0.15, 0.2) is 158 Å². The van der Waals surface area contributed by atoms with Gasteiger partial charge in [0, 0.05) is 5.41 Å². The van der Waals surface area contributed by atoms with E-state index in [1.807, 2.05) is 0 Å². The predicted molar refractivity (Wildman–Crippen MR) is 202 cm³/mol. The van der Waals surface area contributed by atoms with Crippen LogP contribution in [0, 0.1) is 0 Å². The third kappa shape index (κ3) is 3.64. The summed E-state index contributed by atoms with van der Waals surface area (Å²) in [5.41, 5.74) is 10.5. The molecule has 9 aromatic rings. The van der Waals surface area contributed by atoms with Crippen molar-refractivity contribution >= 4 is 53.9 Å². The van der Waals surface area contributed by atoms with Crippen LogP contribution in [0.25, 0.3) is 87.2 Å². The summed E-state index contributed by atoms with van der Waals surface area (Å²) in [6.07, 6.45) is 0. The molecule has 0 atom stereocenters. The molecule has 0 saturated carbocycles. The molecule has 0 heteroatoms. The van der Waals surface area contributed by atoms with Gasteiger partial charge in [-0.2, -0.15) is 0 Å². The van der Waals surface area contributed by atoms with Gasteiger partial charge < -0.3 is 0 Å². The molecule has 0 N–H and O–H groups in total. The Bertz CT molecular complexity index is 2750. The molecule has 0 heterocycles. The highest BCUT2D eigenvalue weighted by molar-refractivity contribution is 6.25. The highest BCUT2D eigenvalue weighted by atomic mass is 14.4. The second-order valence-corrected chi connectivity index (χ2v) is 13.6. The second kappa shape index (κ2) is 9.64. The minimum Gasteiger partial charge on any atom is -0.0619 e. The van der Waals surface area contributed by atoms with Crippen LogP contribution in [0.3, 0.4) is 0 Å². The van der Waals surface area contributed by atoms with E-state index in [0.717, 1.165) is 0 Å². The van der Waals surface area contributed by atoms with Crippen molar-refractivity contribution in [1.29, 1.82) is 0 Å². The SMILES string of the molecule is CC1(C)c2ccccc2-c2cccc3c(-c4cccc5c(-c6cccc7ccccc67)c6ccc7ccccc7c6cc45)ccc1c23. The van der Waals surface area contributed by atoms with Gasteiger partial charge in [0.05, 0.1) is 0 Å². The normalized spacial score (nSPS) is 13.5. The van der Waals surface area contributed by atoms with Crippen molar-refractivity contribution in [2.45, 2.75) is 19.3 Å². The monoisotopic (exact) mass is 596 g/mol. The van der Waals surface area contributed by atoms with E-state index in [-0.39, 0.29) is 5.41 Å². The van der Waals surface area contributed by atoms with E-state index >= 15 is 0 Å². The molecule has 10 rings (SSSR count). The fourth-order valence-electron chi connectivity index (χ4n) is 8.66. The molecule has 0 saturated heterocycles. The number of hydrogen-bond acceptors (Lipinski definition) is 0. The van der Waals surface area contributed by atoms with Gasteiger partial charge in [0.15, 0.2) is 0 Å². The van der Waals surface area contributed by atoms with Crippen LogP contribution >= 0.6 is 0 Å². The van der Waals surface area contributed by atoms with Gasteiger partial charge in [-0.1, -0.05) is 166 Å². The van der Waals surface area contributed by atoms with Gasteiger partial charge >= 0.3 is 0 Å². The van der Waals surface area contributed by atoms with Crippen LogP contribution in [0.5, 0.6) is 0 Å². The molecule has 220 valence electrons. The zero-order chi connectivity index (χ0) is 31.3. The minimum atomic E-state index is -0.0862. The average Bonchev–Trinajstić information content (AvgIpc) is 3.12. The molecular weight excluding hydrogens is 565 g/mol. The first-order valence-electron chi connectivity index (χ1n) is 16.6. The van der Waals surface area contributed by atoms with Gasteiger partial charge in [-0.3, -0.25) is 0 Å². The van der Waals surface area contributed by atoms with Gasteiger partial charge in [-0.05, 0) is 104 Å². The van der Waals surface area contributed by atoms with Crippen molar-refractivity contribution < 1.29 is 0 Å². The predicted octanol–water partition coefficient (Wildman–Crippen LogP) is 13.1. The highest BCUT2D eigenvalue weighted by Crippen LogP contribution is 2.51. The largest absolute Gasteiger partial charge is 0.0619 e. The van der Waals surface area contributed by atoms with E-state index in [1.54, 1.807) is 0 Å². The first-order chi connectivity index (χ1) is 23.1. The highest BCUT2D eigenvalue weighted by Gasteiger charge is 2.33. The Hall–Kier alpha value is -5.72. The Balaban J connectivity index is 1.36. The van der Waals surface area contributed by atoms with E-state index in [4.69, 9.17) is 0 Å². The summed E-state index contributed by atoms with van der Waals surface area (Å²) in [7, 11) is 0. The second-order valence-electron chi connectivity index (χ2n) is 13.6. The lowest BCUT2D eigenvalue weighted by Crippen LogP contribution is -2.23. The maximum Gasteiger partial charge on any atom is 0.0159 e. The molecule has 0 aromatic heterocycles. The lowest BCUT2D eigenvalue weighted by molar-refractivity contribution is 0.645. The Labute approximate surface area is 274 Å². The summed E-state index contributed by atoms with van der Waals surface area (Å²) in [6.45, 7) is 4.75. The Kier molecular flexibility index (Phi) is 5.44. The minimum absolute atomic E-state index is 0.0862. The first-order valence-corrected chi connectivity index (χ1v) is 16.6. The molecule has 0 aliphatic heterocycles. The molecule has 0 radical (unpaired) electrons. The van der Waals surface area contributed by atoms with E-state index in [2.05, 4.69) is 172 Å². The van der Waals surface area contributed by atoms with Gasteiger partial charge in [0.1, 0.15) is 0 Å². The van der Waals surface area contributed by atoms with E-state index in [9.17, 15) is 0 Å². The molecule has 1 aliphatic carbocycles. The van der Waals surface area contributed by atoms with Crippen LogP contribution in [0.1, 0.15) is 25.0 Å². The van der Waals surface area contributed by atoms with E-state index in [0.29, 0.717) is 0 Å². The number of hydrogen-bond donors (Lipinski definition) is 0. The number of benzene rings is 9. The van der Waals surface area contributed by atoms with Crippen molar-refractivity contribution in [2.75, 3.05) is 0 Å². The number of fused-ring (bicyclic) bond motifs is 7. The van der Waals surface area contributed by atoms with Crippen LogP contribution < -0.4 is 0 Å². The number of rotatable bonds is 2. The van der Waals surface area contributed by atoms with Crippen LogP contribution in [-0.2, 0) is 5.41 Å². The summed E-state index contributed by atoms with van der Waals surface area (Å²) in [6, 6.07) is 59.0. The van der Waals surface area contributed by atoms with Crippen LogP contribution in [-0.4, -0.2) is 0 Å². The quantitative estimate of drug-likeness (QED) is 0.138. The van der Waals surface area contributed by atoms with Crippen LogP contribution in [0.2, 0.25) is 0 Å². The standard InChI is InChI=1S/C47H32/c1-47(2)43-23-8-7-17-35(43)38-21-11-20-37-34(26-27-44(47)46(37)38)33-18-10-22-39-42(33)28-41-32-16-6-4-13-30(32)24-25-40(41)45(39)36-19-9-14-29-12-3-5-15-31(29)36/h3-28H,1-2H3. The Morgan fingerprint density at radius 1 is 0.319 bits per heavy atom. The summed E-state index contributed by atoms with van der Waals surface area (Å²) in [4.78, 5) is 0. The Morgan fingerprint density at radius 2 is 0.894 bits per heavy atom. The van der Waals surface area contributed by atoms with Crippen molar-refractivity contribution in [2.24, 2.45) is 0 Å². The molecule has 0 fully saturated rings. The van der Waals surface area contributed by atoms with Gasteiger partial charge in [-0.15, -0.1) is 0 Å². The average molecular weight is 597 g/mol. The summed E-state index contributed by atoms with van der Waals surface area (Å²) < 4.78 is 0. The molecule has 0 nitrogen and oxygen atoms in total. The molecule has 0 bridgehead atoms. The molecule has 0 spiro atoms. The van der Waals surface area contributed by atoms with Gasteiger partial charge in [0.25, 0.3) is 0 Å². The lowest BCUT2D eigenvalue weighted by Gasteiger charge is -2.35. The summed E-state index contributed by atoms with van der Waals surface area (Å²) in [5.74, 6) is 0. The van der Waals surface area contributed by atoms with Gasteiger partial charge in [0.2, 0.25) is 0 Å². The molecule has 47 heavy (non-hydrogen) atoms. The fraction of sp³-hybridized carbons (Fsp3) is 0.0638. The zero-order valence-corrected chi connectivity index (χ0v) is 26.5.